The maximum Gasteiger partial charge on any atom is 0.0364 e. The molecule has 0 aromatic heterocycles. The van der Waals surface area contributed by atoms with Crippen molar-refractivity contribution in [2.24, 2.45) is 0 Å². The predicted molar refractivity (Wildman–Crippen MR) is 92.8 cm³/mol. The van der Waals surface area contributed by atoms with E-state index in [1.165, 1.54) is 16.7 Å². The molecule has 0 heterocycles. The van der Waals surface area contributed by atoms with Gasteiger partial charge in [-0.25, -0.2) is 0 Å². The van der Waals surface area contributed by atoms with Gasteiger partial charge in [0.25, 0.3) is 0 Å². The van der Waals surface area contributed by atoms with E-state index in [0.717, 1.165) is 25.1 Å². The molecular formula is C19H33N. The summed E-state index contributed by atoms with van der Waals surface area (Å²) in [6.07, 6.45) is 9.09. The van der Waals surface area contributed by atoms with Gasteiger partial charge in [-0.15, -0.1) is 0 Å². The lowest BCUT2D eigenvalue weighted by molar-refractivity contribution is 0.322. The lowest BCUT2D eigenvalue weighted by Crippen LogP contribution is -2.29. The Kier molecular flexibility index (Phi) is 9.03. The first kappa shape index (κ1) is 18.8. The molecule has 0 radical (unpaired) electrons. The predicted octanol–water partition coefficient (Wildman–Crippen LogP) is 5.87. The van der Waals surface area contributed by atoms with Gasteiger partial charge in [-0.1, -0.05) is 35.5 Å². The van der Waals surface area contributed by atoms with E-state index in [4.69, 9.17) is 0 Å². The van der Waals surface area contributed by atoms with Crippen LogP contribution in [0.2, 0.25) is 0 Å². The fourth-order valence-electron chi connectivity index (χ4n) is 2.02. The van der Waals surface area contributed by atoms with Crippen LogP contribution in [0.1, 0.15) is 61.3 Å². The topological polar surface area (TPSA) is 3.24 Å². The standard InChI is InChI=1S/C19H33N/c1-15(2)10-9-11-18(7)12-13-20(17(5)6)19(8)14-16(3)4/h10,12,14,17H,8-9,11,13H2,1-7H3/b18-12+. The van der Waals surface area contributed by atoms with Crippen molar-refractivity contribution in [3.05, 3.63) is 47.2 Å². The molecule has 0 saturated carbocycles. The van der Waals surface area contributed by atoms with E-state index in [1.54, 1.807) is 0 Å². The van der Waals surface area contributed by atoms with E-state index < -0.39 is 0 Å². The molecule has 0 amide bonds. The summed E-state index contributed by atoms with van der Waals surface area (Å²) >= 11 is 0. The van der Waals surface area contributed by atoms with E-state index >= 15 is 0 Å². The molecule has 1 heteroatoms. The zero-order valence-corrected chi connectivity index (χ0v) is 14.6. The molecule has 114 valence electrons. The van der Waals surface area contributed by atoms with Gasteiger partial charge in [0.05, 0.1) is 0 Å². The van der Waals surface area contributed by atoms with Gasteiger partial charge in [0.2, 0.25) is 0 Å². The van der Waals surface area contributed by atoms with Crippen LogP contribution >= 0.6 is 0 Å². The molecule has 20 heavy (non-hydrogen) atoms. The molecule has 0 aliphatic rings. The minimum atomic E-state index is 0.472. The van der Waals surface area contributed by atoms with Crippen LogP contribution in [0.25, 0.3) is 0 Å². The highest BCUT2D eigenvalue weighted by Crippen LogP contribution is 2.13. The summed E-state index contributed by atoms with van der Waals surface area (Å²) in [6.45, 7) is 20.3. The second-order valence-electron chi connectivity index (χ2n) is 6.33. The van der Waals surface area contributed by atoms with Crippen molar-refractivity contribution in [1.82, 2.24) is 4.90 Å². The fraction of sp³-hybridized carbons (Fsp3) is 0.579. The molecule has 0 aliphatic heterocycles. The van der Waals surface area contributed by atoms with Crippen molar-refractivity contribution < 1.29 is 0 Å². The van der Waals surface area contributed by atoms with E-state index in [0.29, 0.717) is 6.04 Å². The van der Waals surface area contributed by atoms with Crippen LogP contribution < -0.4 is 0 Å². The monoisotopic (exact) mass is 275 g/mol. The first-order valence-corrected chi connectivity index (χ1v) is 7.63. The summed E-state index contributed by atoms with van der Waals surface area (Å²) in [4.78, 5) is 2.34. The maximum atomic E-state index is 4.19. The second-order valence-corrected chi connectivity index (χ2v) is 6.33. The highest BCUT2D eigenvalue weighted by molar-refractivity contribution is 5.19. The number of nitrogens with zero attached hydrogens (tertiary/aromatic N) is 1. The third kappa shape index (κ3) is 8.79. The molecule has 0 saturated heterocycles. The SMILES string of the molecule is C=C(C=C(C)C)N(C/C=C(\C)CCC=C(C)C)C(C)C. The van der Waals surface area contributed by atoms with Crippen molar-refractivity contribution in [3.8, 4) is 0 Å². The molecule has 0 aromatic carbocycles. The average molecular weight is 275 g/mol. The van der Waals surface area contributed by atoms with Crippen LogP contribution in [0.4, 0.5) is 0 Å². The van der Waals surface area contributed by atoms with Gasteiger partial charge in [0.1, 0.15) is 0 Å². The molecule has 0 atom stereocenters. The first-order valence-electron chi connectivity index (χ1n) is 7.63. The van der Waals surface area contributed by atoms with Gasteiger partial charge >= 0.3 is 0 Å². The van der Waals surface area contributed by atoms with E-state index in [9.17, 15) is 0 Å². The summed E-state index contributed by atoms with van der Waals surface area (Å²) in [7, 11) is 0. The molecular weight excluding hydrogens is 242 g/mol. The number of rotatable bonds is 8. The number of hydrogen-bond acceptors (Lipinski definition) is 1. The van der Waals surface area contributed by atoms with Gasteiger partial charge in [-0.2, -0.15) is 0 Å². The largest absolute Gasteiger partial charge is 0.366 e. The van der Waals surface area contributed by atoms with Crippen molar-refractivity contribution in [3.63, 3.8) is 0 Å². The van der Waals surface area contributed by atoms with Crippen molar-refractivity contribution in [1.29, 1.82) is 0 Å². The Morgan fingerprint density at radius 1 is 1.00 bits per heavy atom. The Labute approximate surface area is 126 Å². The Hall–Kier alpha value is -1.24. The summed E-state index contributed by atoms with van der Waals surface area (Å²) in [5.74, 6) is 0. The van der Waals surface area contributed by atoms with Crippen molar-refractivity contribution in [2.45, 2.75) is 67.3 Å². The van der Waals surface area contributed by atoms with Gasteiger partial charge in [0.15, 0.2) is 0 Å². The average Bonchev–Trinajstić information content (AvgIpc) is 2.26. The lowest BCUT2D eigenvalue weighted by atomic mass is 10.1. The molecule has 0 unspecified atom stereocenters. The van der Waals surface area contributed by atoms with Crippen LogP contribution in [0.3, 0.4) is 0 Å². The fourth-order valence-corrected chi connectivity index (χ4v) is 2.02. The van der Waals surface area contributed by atoms with Gasteiger partial charge in [0, 0.05) is 18.3 Å². The van der Waals surface area contributed by atoms with Crippen molar-refractivity contribution >= 4 is 0 Å². The van der Waals surface area contributed by atoms with Crippen LogP contribution in [0.15, 0.2) is 47.2 Å². The third-order valence-electron chi connectivity index (χ3n) is 3.18. The van der Waals surface area contributed by atoms with Crippen LogP contribution in [-0.4, -0.2) is 17.5 Å². The van der Waals surface area contributed by atoms with E-state index in [2.05, 4.69) is 78.2 Å². The minimum Gasteiger partial charge on any atom is -0.366 e. The lowest BCUT2D eigenvalue weighted by Gasteiger charge is -2.28. The molecule has 0 aromatic rings. The van der Waals surface area contributed by atoms with Crippen molar-refractivity contribution in [2.75, 3.05) is 6.54 Å². The third-order valence-corrected chi connectivity index (χ3v) is 3.18. The van der Waals surface area contributed by atoms with Crippen LogP contribution in [0.5, 0.6) is 0 Å². The second kappa shape index (κ2) is 9.63. The molecule has 0 N–H and O–H groups in total. The molecule has 0 aliphatic carbocycles. The van der Waals surface area contributed by atoms with Gasteiger partial charge < -0.3 is 4.90 Å². The molecule has 1 nitrogen and oxygen atoms in total. The normalized spacial score (nSPS) is 11.3. The quantitative estimate of drug-likeness (QED) is 0.395. The van der Waals surface area contributed by atoms with Crippen LogP contribution in [-0.2, 0) is 0 Å². The Morgan fingerprint density at radius 3 is 2.05 bits per heavy atom. The smallest absolute Gasteiger partial charge is 0.0364 e. The van der Waals surface area contributed by atoms with Crippen LogP contribution in [0, 0.1) is 0 Å². The molecule has 0 spiro atoms. The number of hydrogen-bond donors (Lipinski definition) is 0. The summed E-state index contributed by atoms with van der Waals surface area (Å²) in [6, 6.07) is 0.472. The first-order chi connectivity index (χ1) is 9.23. The Bertz CT molecular complexity index is 386. The highest BCUT2D eigenvalue weighted by Gasteiger charge is 2.08. The van der Waals surface area contributed by atoms with E-state index in [-0.39, 0.29) is 0 Å². The summed E-state index contributed by atoms with van der Waals surface area (Å²) in [5, 5.41) is 0. The molecule has 0 fully saturated rings. The Balaban J connectivity index is 4.57. The van der Waals surface area contributed by atoms with Gasteiger partial charge in [-0.05, 0) is 67.4 Å². The minimum absolute atomic E-state index is 0.472. The summed E-state index contributed by atoms with van der Waals surface area (Å²) in [5.41, 5.74) is 5.26. The Morgan fingerprint density at radius 2 is 1.60 bits per heavy atom. The molecule has 0 rings (SSSR count). The maximum absolute atomic E-state index is 4.19. The zero-order valence-electron chi connectivity index (χ0n) is 14.6. The summed E-state index contributed by atoms with van der Waals surface area (Å²) < 4.78 is 0. The molecule has 0 bridgehead atoms. The zero-order chi connectivity index (χ0) is 15.7. The van der Waals surface area contributed by atoms with Gasteiger partial charge in [-0.3, -0.25) is 0 Å². The number of allylic oxidation sites excluding steroid dienone is 5. The van der Waals surface area contributed by atoms with E-state index in [1.807, 2.05) is 0 Å². The highest BCUT2D eigenvalue weighted by atomic mass is 15.1.